The summed E-state index contributed by atoms with van der Waals surface area (Å²) in [6.45, 7) is 0.643. The van der Waals surface area contributed by atoms with Gasteiger partial charge in [-0.15, -0.1) is 11.3 Å². The molecule has 0 spiro atoms. The molecular formula is C9H12N4S. The van der Waals surface area contributed by atoms with Crippen LogP contribution in [0.5, 0.6) is 0 Å². The minimum Gasteiger partial charge on any atom is -0.332 e. The Morgan fingerprint density at radius 3 is 3.07 bits per heavy atom. The summed E-state index contributed by atoms with van der Waals surface area (Å²) >= 11 is 1.61. The first-order valence-electron chi connectivity index (χ1n) is 4.43. The molecule has 2 aromatic rings. The number of hydrogen-bond acceptors (Lipinski definition) is 4. The average Bonchev–Trinajstić information content (AvgIpc) is 2.74. The minimum atomic E-state index is 0.643. The lowest BCUT2D eigenvalue weighted by Crippen LogP contribution is -2.02. The van der Waals surface area contributed by atoms with Gasteiger partial charge in [0.2, 0.25) is 0 Å². The minimum absolute atomic E-state index is 0.643. The molecule has 2 heterocycles. The smallest absolute Gasteiger partial charge is 0.168 e. The highest BCUT2D eigenvalue weighted by Crippen LogP contribution is 2.21. The van der Waals surface area contributed by atoms with E-state index in [4.69, 9.17) is 5.73 Å². The van der Waals surface area contributed by atoms with Crippen LogP contribution in [0, 0.1) is 0 Å². The van der Waals surface area contributed by atoms with Gasteiger partial charge in [-0.25, -0.2) is 9.97 Å². The molecule has 14 heavy (non-hydrogen) atoms. The Kier molecular flexibility index (Phi) is 2.60. The molecule has 4 nitrogen and oxygen atoms in total. The Bertz CT molecular complexity index is 418. The second-order valence-corrected chi connectivity index (χ2v) is 3.90. The maximum Gasteiger partial charge on any atom is 0.168 e. The van der Waals surface area contributed by atoms with Crippen molar-refractivity contribution >= 4 is 11.3 Å². The van der Waals surface area contributed by atoms with Crippen LogP contribution >= 0.6 is 11.3 Å². The quantitative estimate of drug-likeness (QED) is 0.820. The fraction of sp³-hybridized carbons (Fsp3) is 0.333. The van der Waals surface area contributed by atoms with E-state index in [9.17, 15) is 0 Å². The number of aromatic nitrogens is 3. The third-order valence-electron chi connectivity index (χ3n) is 1.96. The summed E-state index contributed by atoms with van der Waals surface area (Å²) in [4.78, 5) is 8.70. The van der Waals surface area contributed by atoms with Crippen LogP contribution in [0.2, 0.25) is 0 Å². The Balaban J connectivity index is 2.29. The highest BCUT2D eigenvalue weighted by atomic mass is 32.1. The average molecular weight is 208 g/mol. The van der Waals surface area contributed by atoms with E-state index in [-0.39, 0.29) is 0 Å². The Morgan fingerprint density at radius 2 is 2.43 bits per heavy atom. The van der Waals surface area contributed by atoms with Crippen LogP contribution < -0.4 is 5.73 Å². The van der Waals surface area contributed by atoms with Crippen LogP contribution in [-0.4, -0.2) is 21.1 Å². The monoisotopic (exact) mass is 208 g/mol. The molecule has 2 N–H and O–H groups in total. The second kappa shape index (κ2) is 3.89. The van der Waals surface area contributed by atoms with Gasteiger partial charge in [0.05, 0.1) is 5.69 Å². The number of aryl methyl sites for hydroxylation is 1. The lowest BCUT2D eigenvalue weighted by Gasteiger charge is -1.95. The van der Waals surface area contributed by atoms with Crippen LogP contribution in [0.15, 0.2) is 17.8 Å². The molecule has 0 aliphatic heterocycles. The van der Waals surface area contributed by atoms with Gasteiger partial charge < -0.3 is 10.3 Å². The molecule has 0 bridgehead atoms. The zero-order valence-electron chi connectivity index (χ0n) is 7.97. The zero-order valence-corrected chi connectivity index (χ0v) is 8.79. The molecule has 2 rings (SSSR count). The maximum absolute atomic E-state index is 5.46. The van der Waals surface area contributed by atoms with Crippen molar-refractivity contribution in [2.45, 2.75) is 6.42 Å². The van der Waals surface area contributed by atoms with E-state index in [2.05, 4.69) is 9.97 Å². The third-order valence-corrected chi connectivity index (χ3v) is 2.85. The Labute approximate surface area is 86.4 Å². The van der Waals surface area contributed by atoms with Crippen LogP contribution in [0.25, 0.3) is 10.8 Å². The van der Waals surface area contributed by atoms with Crippen molar-refractivity contribution in [1.82, 2.24) is 14.5 Å². The van der Waals surface area contributed by atoms with Gasteiger partial charge in [0, 0.05) is 31.2 Å². The molecule has 0 saturated carbocycles. The van der Waals surface area contributed by atoms with Gasteiger partial charge in [0.25, 0.3) is 0 Å². The number of nitrogens with two attached hydrogens (primary N) is 1. The van der Waals surface area contributed by atoms with Gasteiger partial charge >= 0.3 is 0 Å². The van der Waals surface area contributed by atoms with Crippen LogP contribution in [0.1, 0.15) is 5.69 Å². The molecule has 74 valence electrons. The summed E-state index contributed by atoms with van der Waals surface area (Å²) in [6.07, 6.45) is 4.53. The first-order chi connectivity index (χ1) is 6.81. The highest BCUT2D eigenvalue weighted by Gasteiger charge is 2.07. The van der Waals surface area contributed by atoms with Gasteiger partial charge in [0.1, 0.15) is 0 Å². The first-order valence-corrected chi connectivity index (χ1v) is 5.31. The molecular weight excluding hydrogens is 196 g/mol. The van der Waals surface area contributed by atoms with Crippen molar-refractivity contribution in [2.75, 3.05) is 6.54 Å². The van der Waals surface area contributed by atoms with Crippen molar-refractivity contribution in [3.05, 3.63) is 23.5 Å². The highest BCUT2D eigenvalue weighted by molar-refractivity contribution is 7.13. The van der Waals surface area contributed by atoms with Gasteiger partial charge in [-0.3, -0.25) is 0 Å². The topological polar surface area (TPSA) is 56.7 Å². The Morgan fingerprint density at radius 1 is 1.57 bits per heavy atom. The Hall–Kier alpha value is -1.20. The predicted molar refractivity (Wildman–Crippen MR) is 57.1 cm³/mol. The second-order valence-electron chi connectivity index (χ2n) is 3.04. The van der Waals surface area contributed by atoms with Crippen molar-refractivity contribution in [3.63, 3.8) is 0 Å². The van der Waals surface area contributed by atoms with Crippen molar-refractivity contribution in [3.8, 4) is 10.8 Å². The molecule has 0 radical (unpaired) electrons. The molecule has 0 aliphatic carbocycles. The number of rotatable bonds is 3. The fourth-order valence-corrected chi connectivity index (χ4v) is 2.13. The molecule has 0 unspecified atom stereocenters. The number of hydrogen-bond donors (Lipinski definition) is 1. The summed E-state index contributed by atoms with van der Waals surface area (Å²) in [6, 6.07) is 0. The van der Waals surface area contributed by atoms with E-state index in [1.54, 1.807) is 17.5 Å². The molecule has 2 aromatic heterocycles. The number of imidazole rings is 1. The largest absolute Gasteiger partial charge is 0.332 e. The summed E-state index contributed by atoms with van der Waals surface area (Å²) in [5.74, 6) is 0.915. The lowest BCUT2D eigenvalue weighted by molar-refractivity contribution is 0.909. The normalized spacial score (nSPS) is 10.7. The molecule has 0 fully saturated rings. The van der Waals surface area contributed by atoms with Gasteiger partial charge in [-0.2, -0.15) is 0 Å². The van der Waals surface area contributed by atoms with E-state index in [1.807, 2.05) is 23.2 Å². The summed E-state index contributed by atoms with van der Waals surface area (Å²) in [7, 11) is 1.96. The molecule has 5 heteroatoms. The van der Waals surface area contributed by atoms with Gasteiger partial charge in [-0.1, -0.05) is 0 Å². The van der Waals surface area contributed by atoms with Crippen molar-refractivity contribution < 1.29 is 0 Å². The summed E-state index contributed by atoms with van der Waals surface area (Å²) in [5.41, 5.74) is 6.51. The molecule has 0 aromatic carbocycles. The zero-order chi connectivity index (χ0) is 9.97. The van der Waals surface area contributed by atoms with E-state index in [0.717, 1.165) is 22.9 Å². The molecule has 0 saturated heterocycles. The van der Waals surface area contributed by atoms with Crippen LogP contribution in [0.4, 0.5) is 0 Å². The molecule has 0 aliphatic rings. The standard InChI is InChI=1S/C9H12N4S/c1-13-5-4-11-8(13)9-12-7(2-3-10)6-14-9/h4-6H,2-3,10H2,1H3. The van der Waals surface area contributed by atoms with Crippen molar-refractivity contribution in [1.29, 1.82) is 0 Å². The summed E-state index contributed by atoms with van der Waals surface area (Å²) in [5, 5.41) is 3.00. The maximum atomic E-state index is 5.46. The third kappa shape index (κ3) is 1.69. The lowest BCUT2D eigenvalue weighted by atomic mass is 10.3. The van der Waals surface area contributed by atoms with E-state index in [1.165, 1.54) is 0 Å². The van der Waals surface area contributed by atoms with Gasteiger partial charge in [0.15, 0.2) is 10.8 Å². The van der Waals surface area contributed by atoms with E-state index < -0.39 is 0 Å². The van der Waals surface area contributed by atoms with Crippen LogP contribution in [0.3, 0.4) is 0 Å². The molecule has 0 atom stereocenters. The van der Waals surface area contributed by atoms with E-state index >= 15 is 0 Å². The van der Waals surface area contributed by atoms with Crippen molar-refractivity contribution in [2.24, 2.45) is 12.8 Å². The fourth-order valence-electron chi connectivity index (χ4n) is 1.24. The summed E-state index contributed by atoms with van der Waals surface area (Å²) < 4.78 is 1.96. The first kappa shape index (κ1) is 9.36. The predicted octanol–water partition coefficient (Wildman–Crippen LogP) is 1.04. The number of thiazole rings is 1. The molecule has 0 amide bonds. The van der Waals surface area contributed by atoms with Gasteiger partial charge in [-0.05, 0) is 6.54 Å². The van der Waals surface area contributed by atoms with E-state index in [0.29, 0.717) is 6.54 Å². The number of nitrogens with zero attached hydrogens (tertiary/aromatic N) is 3. The van der Waals surface area contributed by atoms with Crippen LogP contribution in [-0.2, 0) is 13.5 Å². The SMILES string of the molecule is Cn1ccnc1-c1nc(CCN)cs1.